The number of aryl methyl sites for hydroxylation is 1. The fourth-order valence-corrected chi connectivity index (χ4v) is 1.70. The molecule has 0 radical (unpaired) electrons. The first-order valence-corrected chi connectivity index (χ1v) is 6.86. The summed E-state index contributed by atoms with van der Waals surface area (Å²) < 4.78 is 0. The van der Waals surface area contributed by atoms with E-state index in [0.29, 0.717) is 24.1 Å². The molecule has 0 unspecified atom stereocenters. The molecule has 0 bridgehead atoms. The molecule has 0 fully saturated rings. The Morgan fingerprint density at radius 2 is 1.95 bits per heavy atom. The molecule has 1 rings (SSSR count). The summed E-state index contributed by atoms with van der Waals surface area (Å²) >= 11 is 0. The van der Waals surface area contributed by atoms with E-state index >= 15 is 0 Å². The maximum absolute atomic E-state index is 12.0. The van der Waals surface area contributed by atoms with Crippen LogP contribution >= 0.6 is 0 Å². The van der Waals surface area contributed by atoms with Gasteiger partial charge in [-0.1, -0.05) is 13.8 Å². The van der Waals surface area contributed by atoms with Gasteiger partial charge in [0.15, 0.2) is 0 Å². The Morgan fingerprint density at radius 1 is 1.32 bits per heavy atom. The van der Waals surface area contributed by atoms with E-state index in [0.717, 1.165) is 18.8 Å². The quantitative estimate of drug-likeness (QED) is 0.854. The lowest BCUT2D eigenvalue weighted by Gasteiger charge is -2.19. The van der Waals surface area contributed by atoms with Crippen LogP contribution in [0.1, 0.15) is 43.9 Å². The molecule has 0 atom stereocenters. The summed E-state index contributed by atoms with van der Waals surface area (Å²) in [6.45, 7) is 12.4. The van der Waals surface area contributed by atoms with Crippen molar-refractivity contribution in [3.8, 4) is 0 Å². The number of anilines is 1. The van der Waals surface area contributed by atoms with Gasteiger partial charge in [-0.05, 0) is 32.8 Å². The van der Waals surface area contributed by atoms with Crippen molar-refractivity contribution < 1.29 is 4.79 Å². The lowest BCUT2D eigenvalue weighted by atomic mass is 10.2. The highest BCUT2D eigenvalue weighted by atomic mass is 16.1. The van der Waals surface area contributed by atoms with Gasteiger partial charge in [-0.3, -0.25) is 4.79 Å². The number of hydrogen-bond donors (Lipinski definition) is 1. The zero-order valence-electron chi connectivity index (χ0n) is 12.5. The fourth-order valence-electron chi connectivity index (χ4n) is 1.70. The highest BCUT2D eigenvalue weighted by molar-refractivity contribution is 5.92. The van der Waals surface area contributed by atoms with Crippen molar-refractivity contribution in [1.29, 1.82) is 0 Å². The van der Waals surface area contributed by atoms with Crippen LogP contribution in [0.25, 0.3) is 0 Å². The Hall–Kier alpha value is -1.65. The molecule has 5 nitrogen and oxygen atoms in total. The molecule has 1 heterocycles. The van der Waals surface area contributed by atoms with Crippen molar-refractivity contribution in [2.75, 3.05) is 24.5 Å². The Bertz CT molecular complexity index is 427. The van der Waals surface area contributed by atoms with Crippen molar-refractivity contribution in [3.63, 3.8) is 0 Å². The molecule has 0 saturated carbocycles. The highest BCUT2D eigenvalue weighted by Gasteiger charge is 2.13. The molecule has 5 heteroatoms. The van der Waals surface area contributed by atoms with Crippen LogP contribution in [0, 0.1) is 12.8 Å². The lowest BCUT2D eigenvalue weighted by molar-refractivity contribution is 0.0944. The SMILES string of the molecule is CCN(CC)c1nc(C)cc(C(=O)NCC(C)C)n1. The largest absolute Gasteiger partial charge is 0.350 e. The van der Waals surface area contributed by atoms with Crippen LogP contribution in [0.4, 0.5) is 5.95 Å². The number of carbonyl (C=O) groups excluding carboxylic acids is 1. The zero-order valence-corrected chi connectivity index (χ0v) is 12.5. The van der Waals surface area contributed by atoms with Crippen molar-refractivity contribution in [1.82, 2.24) is 15.3 Å². The highest BCUT2D eigenvalue weighted by Crippen LogP contribution is 2.10. The monoisotopic (exact) mass is 264 g/mol. The van der Waals surface area contributed by atoms with E-state index in [2.05, 4.69) is 29.1 Å². The smallest absolute Gasteiger partial charge is 0.270 e. The van der Waals surface area contributed by atoms with Crippen LogP contribution in [0.5, 0.6) is 0 Å². The van der Waals surface area contributed by atoms with E-state index in [1.165, 1.54) is 0 Å². The van der Waals surface area contributed by atoms with Gasteiger partial charge in [-0.15, -0.1) is 0 Å². The van der Waals surface area contributed by atoms with Gasteiger partial charge >= 0.3 is 0 Å². The number of nitrogens with zero attached hydrogens (tertiary/aromatic N) is 3. The predicted octanol–water partition coefficient (Wildman–Crippen LogP) is 2.02. The van der Waals surface area contributed by atoms with Crippen LogP contribution in [0.3, 0.4) is 0 Å². The second-order valence-electron chi connectivity index (χ2n) is 4.97. The maximum Gasteiger partial charge on any atom is 0.270 e. The number of carbonyl (C=O) groups is 1. The summed E-state index contributed by atoms with van der Waals surface area (Å²) in [5, 5.41) is 2.88. The number of amides is 1. The van der Waals surface area contributed by atoms with Crippen molar-refractivity contribution in [2.45, 2.75) is 34.6 Å². The maximum atomic E-state index is 12.0. The summed E-state index contributed by atoms with van der Waals surface area (Å²) in [4.78, 5) is 22.8. The molecule has 0 aliphatic rings. The van der Waals surface area contributed by atoms with Crippen molar-refractivity contribution in [3.05, 3.63) is 17.5 Å². The van der Waals surface area contributed by atoms with E-state index in [1.807, 2.05) is 25.7 Å². The predicted molar refractivity (Wildman–Crippen MR) is 77.5 cm³/mol. The Labute approximate surface area is 115 Å². The average molecular weight is 264 g/mol. The summed E-state index contributed by atoms with van der Waals surface area (Å²) in [7, 11) is 0. The van der Waals surface area contributed by atoms with Gasteiger partial charge in [0.1, 0.15) is 5.69 Å². The minimum atomic E-state index is -0.132. The first kappa shape index (κ1) is 15.4. The number of nitrogens with one attached hydrogen (secondary N) is 1. The molecule has 0 aromatic carbocycles. The molecule has 1 aromatic rings. The Balaban J connectivity index is 2.92. The van der Waals surface area contributed by atoms with Gasteiger partial charge < -0.3 is 10.2 Å². The minimum Gasteiger partial charge on any atom is -0.350 e. The number of hydrogen-bond acceptors (Lipinski definition) is 4. The summed E-state index contributed by atoms with van der Waals surface area (Å²) in [5.74, 6) is 0.918. The Kier molecular flexibility index (Phi) is 5.73. The third-order valence-electron chi connectivity index (χ3n) is 2.79. The third kappa shape index (κ3) is 4.50. The van der Waals surface area contributed by atoms with Crippen molar-refractivity contribution >= 4 is 11.9 Å². The van der Waals surface area contributed by atoms with E-state index < -0.39 is 0 Å². The molecule has 1 aromatic heterocycles. The molecular weight excluding hydrogens is 240 g/mol. The van der Waals surface area contributed by atoms with Crippen molar-refractivity contribution in [2.24, 2.45) is 5.92 Å². The number of rotatable bonds is 6. The van der Waals surface area contributed by atoms with Crippen LogP contribution in [-0.4, -0.2) is 35.5 Å². The van der Waals surface area contributed by atoms with E-state index in [-0.39, 0.29) is 5.91 Å². The molecule has 106 valence electrons. The fraction of sp³-hybridized carbons (Fsp3) is 0.643. The molecule has 1 amide bonds. The standard InChI is InChI=1S/C14H24N4O/c1-6-18(7-2)14-16-11(5)8-12(17-14)13(19)15-9-10(3)4/h8,10H,6-7,9H2,1-5H3,(H,15,19). The Morgan fingerprint density at radius 3 is 2.47 bits per heavy atom. The van der Waals surface area contributed by atoms with Crippen LogP contribution in [-0.2, 0) is 0 Å². The van der Waals surface area contributed by atoms with Gasteiger partial charge in [0, 0.05) is 25.3 Å². The van der Waals surface area contributed by atoms with Gasteiger partial charge in [-0.2, -0.15) is 0 Å². The third-order valence-corrected chi connectivity index (χ3v) is 2.79. The normalized spacial score (nSPS) is 10.6. The zero-order chi connectivity index (χ0) is 14.4. The second kappa shape index (κ2) is 7.07. The lowest BCUT2D eigenvalue weighted by Crippen LogP contribution is -2.30. The van der Waals surface area contributed by atoms with E-state index in [4.69, 9.17) is 0 Å². The molecular formula is C14H24N4O. The van der Waals surface area contributed by atoms with Crippen LogP contribution in [0.15, 0.2) is 6.07 Å². The van der Waals surface area contributed by atoms with Gasteiger partial charge in [-0.25, -0.2) is 9.97 Å². The summed E-state index contributed by atoms with van der Waals surface area (Å²) in [6.07, 6.45) is 0. The van der Waals surface area contributed by atoms with E-state index in [9.17, 15) is 4.79 Å². The van der Waals surface area contributed by atoms with Gasteiger partial charge in [0.25, 0.3) is 5.91 Å². The first-order chi connectivity index (χ1) is 8.97. The molecule has 0 spiro atoms. The number of aromatic nitrogens is 2. The van der Waals surface area contributed by atoms with E-state index in [1.54, 1.807) is 6.07 Å². The summed E-state index contributed by atoms with van der Waals surface area (Å²) in [5.41, 5.74) is 1.25. The minimum absolute atomic E-state index is 0.132. The summed E-state index contributed by atoms with van der Waals surface area (Å²) in [6, 6.07) is 1.72. The molecule has 0 saturated heterocycles. The molecule has 19 heavy (non-hydrogen) atoms. The first-order valence-electron chi connectivity index (χ1n) is 6.86. The molecule has 0 aliphatic heterocycles. The van der Waals surface area contributed by atoms with Crippen LogP contribution < -0.4 is 10.2 Å². The van der Waals surface area contributed by atoms with Gasteiger partial charge in [0.05, 0.1) is 0 Å². The molecule has 0 aliphatic carbocycles. The topological polar surface area (TPSA) is 58.1 Å². The molecule has 1 N–H and O–H groups in total. The average Bonchev–Trinajstić information content (AvgIpc) is 2.36. The second-order valence-corrected chi connectivity index (χ2v) is 4.97. The van der Waals surface area contributed by atoms with Crippen LogP contribution in [0.2, 0.25) is 0 Å². The van der Waals surface area contributed by atoms with Gasteiger partial charge in [0.2, 0.25) is 5.95 Å².